The topological polar surface area (TPSA) is 47.4 Å². The van der Waals surface area contributed by atoms with Gasteiger partial charge in [-0.1, -0.05) is 17.7 Å². The number of amides is 1. The molecule has 5 nitrogen and oxygen atoms in total. The van der Waals surface area contributed by atoms with Gasteiger partial charge in [0.2, 0.25) is 0 Å². The fourth-order valence-electron chi connectivity index (χ4n) is 3.72. The third-order valence-corrected chi connectivity index (χ3v) is 5.29. The second-order valence-electron chi connectivity index (χ2n) is 7.27. The number of imidazole rings is 1. The Bertz CT molecular complexity index is 745. The van der Waals surface area contributed by atoms with Gasteiger partial charge in [-0.15, -0.1) is 0 Å². The predicted molar refractivity (Wildman–Crippen MR) is 102 cm³/mol. The van der Waals surface area contributed by atoms with Crippen molar-refractivity contribution in [1.29, 1.82) is 0 Å². The molecule has 1 aliphatic rings. The highest BCUT2D eigenvalue weighted by Gasteiger charge is 2.25. The average Bonchev–Trinajstić information content (AvgIpc) is 2.99. The van der Waals surface area contributed by atoms with Crippen molar-refractivity contribution in [3.8, 4) is 0 Å². The van der Waals surface area contributed by atoms with Gasteiger partial charge in [0.15, 0.2) is 0 Å². The standard InChI is InChI=1S/C21H29N3O2/c1-16-5-4-6-19(13-16)21(25)23-9-7-18(8-10-23)14-20-22-15-17(2)24(20)11-12-26-3/h4-6,13,15,18H,7-12,14H2,1-3H3. The molecule has 0 radical (unpaired) electrons. The third kappa shape index (κ3) is 4.33. The van der Waals surface area contributed by atoms with Gasteiger partial charge in [-0.25, -0.2) is 4.98 Å². The van der Waals surface area contributed by atoms with Crippen LogP contribution in [0.15, 0.2) is 30.5 Å². The van der Waals surface area contributed by atoms with E-state index in [4.69, 9.17) is 4.74 Å². The molecule has 0 unspecified atom stereocenters. The molecule has 5 heteroatoms. The quantitative estimate of drug-likeness (QED) is 0.799. The molecule has 140 valence electrons. The van der Waals surface area contributed by atoms with Gasteiger partial charge in [0.25, 0.3) is 5.91 Å². The molecule has 1 aromatic carbocycles. The van der Waals surface area contributed by atoms with Gasteiger partial charge in [0, 0.05) is 50.6 Å². The summed E-state index contributed by atoms with van der Waals surface area (Å²) in [5.41, 5.74) is 3.11. The second kappa shape index (κ2) is 8.49. The van der Waals surface area contributed by atoms with Crippen LogP contribution in [0.1, 0.15) is 40.3 Å². The Labute approximate surface area is 156 Å². The van der Waals surface area contributed by atoms with E-state index in [1.807, 2.05) is 42.3 Å². The summed E-state index contributed by atoms with van der Waals surface area (Å²) < 4.78 is 7.47. The van der Waals surface area contributed by atoms with Crippen LogP contribution >= 0.6 is 0 Å². The summed E-state index contributed by atoms with van der Waals surface area (Å²) in [4.78, 5) is 19.3. The summed E-state index contributed by atoms with van der Waals surface area (Å²) in [5.74, 6) is 1.88. The van der Waals surface area contributed by atoms with E-state index in [2.05, 4.69) is 16.5 Å². The zero-order valence-electron chi connectivity index (χ0n) is 16.1. The normalized spacial score (nSPS) is 15.4. The van der Waals surface area contributed by atoms with Gasteiger partial charge in [-0.05, 0) is 44.7 Å². The lowest BCUT2D eigenvalue weighted by Crippen LogP contribution is -2.39. The number of carbonyl (C=O) groups excluding carboxylic acids is 1. The SMILES string of the molecule is COCCn1c(C)cnc1CC1CCN(C(=O)c2cccc(C)c2)CC1. The highest BCUT2D eigenvalue weighted by molar-refractivity contribution is 5.94. The molecule has 0 atom stereocenters. The van der Waals surface area contributed by atoms with Crippen molar-refractivity contribution < 1.29 is 9.53 Å². The van der Waals surface area contributed by atoms with E-state index in [1.54, 1.807) is 7.11 Å². The van der Waals surface area contributed by atoms with E-state index in [1.165, 1.54) is 5.69 Å². The number of carbonyl (C=O) groups is 1. The first-order valence-corrected chi connectivity index (χ1v) is 9.44. The lowest BCUT2D eigenvalue weighted by Gasteiger charge is -2.32. The van der Waals surface area contributed by atoms with Gasteiger partial charge in [-0.2, -0.15) is 0 Å². The molecular weight excluding hydrogens is 326 g/mol. The number of rotatable bonds is 6. The lowest BCUT2D eigenvalue weighted by atomic mass is 9.92. The molecule has 1 fully saturated rings. The minimum Gasteiger partial charge on any atom is -0.383 e. The number of methoxy groups -OCH3 is 1. The molecule has 1 aromatic heterocycles. The average molecular weight is 355 g/mol. The molecule has 2 heterocycles. The molecule has 0 spiro atoms. The van der Waals surface area contributed by atoms with Gasteiger partial charge >= 0.3 is 0 Å². The summed E-state index contributed by atoms with van der Waals surface area (Å²) in [5, 5.41) is 0. The predicted octanol–water partition coefficient (Wildman–Crippen LogP) is 3.24. The van der Waals surface area contributed by atoms with Crippen LogP contribution in [0.2, 0.25) is 0 Å². The monoisotopic (exact) mass is 355 g/mol. The van der Waals surface area contributed by atoms with E-state index in [9.17, 15) is 4.79 Å². The first kappa shape index (κ1) is 18.6. The Morgan fingerprint density at radius 2 is 2.04 bits per heavy atom. The number of aromatic nitrogens is 2. The Kier molecular flexibility index (Phi) is 6.09. The first-order valence-electron chi connectivity index (χ1n) is 9.44. The molecule has 26 heavy (non-hydrogen) atoms. The highest BCUT2D eigenvalue weighted by atomic mass is 16.5. The van der Waals surface area contributed by atoms with Crippen molar-refractivity contribution in [1.82, 2.24) is 14.5 Å². The number of hydrogen-bond acceptors (Lipinski definition) is 3. The maximum absolute atomic E-state index is 12.7. The molecule has 0 bridgehead atoms. The van der Waals surface area contributed by atoms with Crippen molar-refractivity contribution in [2.45, 2.75) is 39.7 Å². The van der Waals surface area contributed by atoms with Crippen molar-refractivity contribution in [2.75, 3.05) is 26.8 Å². The Morgan fingerprint density at radius 3 is 2.73 bits per heavy atom. The molecule has 1 saturated heterocycles. The molecule has 3 rings (SSSR count). The molecule has 0 saturated carbocycles. The number of piperidine rings is 1. The van der Waals surface area contributed by atoms with Crippen molar-refractivity contribution in [3.05, 3.63) is 53.1 Å². The van der Waals surface area contributed by atoms with E-state index in [0.29, 0.717) is 12.5 Å². The van der Waals surface area contributed by atoms with Gasteiger partial charge < -0.3 is 14.2 Å². The molecular formula is C21H29N3O2. The number of ether oxygens (including phenoxy) is 1. The second-order valence-corrected chi connectivity index (χ2v) is 7.27. The van der Waals surface area contributed by atoms with Crippen LogP contribution in [0, 0.1) is 19.8 Å². The van der Waals surface area contributed by atoms with Crippen molar-refractivity contribution in [2.24, 2.45) is 5.92 Å². The molecule has 1 aliphatic heterocycles. The molecule has 0 N–H and O–H groups in total. The minimum atomic E-state index is 0.157. The summed E-state index contributed by atoms with van der Waals surface area (Å²) in [6.07, 6.45) is 4.99. The van der Waals surface area contributed by atoms with E-state index < -0.39 is 0 Å². The van der Waals surface area contributed by atoms with Crippen molar-refractivity contribution >= 4 is 5.91 Å². The fourth-order valence-corrected chi connectivity index (χ4v) is 3.72. The van der Waals surface area contributed by atoms with Gasteiger partial charge in [-0.3, -0.25) is 4.79 Å². The zero-order valence-corrected chi connectivity index (χ0v) is 16.1. The van der Waals surface area contributed by atoms with Crippen LogP contribution in [0.4, 0.5) is 0 Å². The molecule has 1 amide bonds. The van der Waals surface area contributed by atoms with Crippen LogP contribution in [0.25, 0.3) is 0 Å². The number of nitrogens with zero attached hydrogens (tertiary/aromatic N) is 3. The maximum atomic E-state index is 12.7. The number of benzene rings is 1. The van der Waals surface area contributed by atoms with Crippen LogP contribution < -0.4 is 0 Å². The van der Waals surface area contributed by atoms with E-state index in [0.717, 1.165) is 55.8 Å². The Balaban J connectivity index is 1.57. The summed E-state index contributed by atoms with van der Waals surface area (Å²) in [6, 6.07) is 7.87. The van der Waals surface area contributed by atoms with Gasteiger partial charge in [0.1, 0.15) is 5.82 Å². The third-order valence-electron chi connectivity index (χ3n) is 5.29. The number of aryl methyl sites for hydroxylation is 2. The van der Waals surface area contributed by atoms with Crippen LogP contribution in [0.3, 0.4) is 0 Å². The highest BCUT2D eigenvalue weighted by Crippen LogP contribution is 2.23. The van der Waals surface area contributed by atoms with Crippen LogP contribution in [-0.2, 0) is 17.7 Å². The largest absolute Gasteiger partial charge is 0.383 e. The van der Waals surface area contributed by atoms with E-state index in [-0.39, 0.29) is 5.91 Å². The molecule has 2 aromatic rings. The van der Waals surface area contributed by atoms with E-state index >= 15 is 0 Å². The Morgan fingerprint density at radius 1 is 1.27 bits per heavy atom. The first-order chi connectivity index (χ1) is 12.6. The number of hydrogen-bond donors (Lipinski definition) is 0. The summed E-state index contributed by atoms with van der Waals surface area (Å²) in [7, 11) is 1.73. The smallest absolute Gasteiger partial charge is 0.253 e. The summed E-state index contributed by atoms with van der Waals surface area (Å²) >= 11 is 0. The number of likely N-dealkylation sites (tertiary alicyclic amines) is 1. The summed E-state index contributed by atoms with van der Waals surface area (Å²) in [6.45, 7) is 7.33. The van der Waals surface area contributed by atoms with Crippen LogP contribution in [0.5, 0.6) is 0 Å². The van der Waals surface area contributed by atoms with Gasteiger partial charge in [0.05, 0.1) is 6.61 Å². The lowest BCUT2D eigenvalue weighted by molar-refractivity contribution is 0.0689. The fraction of sp³-hybridized carbons (Fsp3) is 0.524. The Hall–Kier alpha value is -2.14. The van der Waals surface area contributed by atoms with Crippen LogP contribution in [-0.4, -0.2) is 47.2 Å². The zero-order chi connectivity index (χ0) is 18.5. The van der Waals surface area contributed by atoms with Crippen molar-refractivity contribution in [3.63, 3.8) is 0 Å². The molecule has 0 aliphatic carbocycles. The minimum absolute atomic E-state index is 0.157. The maximum Gasteiger partial charge on any atom is 0.253 e.